The molecule has 5 nitrogen and oxygen atoms in total. The van der Waals surface area contributed by atoms with Gasteiger partial charge in [-0.3, -0.25) is 0 Å². The van der Waals surface area contributed by atoms with Crippen molar-refractivity contribution in [2.24, 2.45) is 0 Å². The fourth-order valence-corrected chi connectivity index (χ4v) is 5.00. The minimum Gasteiger partial charge on any atom is -0.357 e. The molecule has 0 aromatic carbocycles. The van der Waals surface area contributed by atoms with Crippen molar-refractivity contribution in [3.05, 3.63) is 10.9 Å². The van der Waals surface area contributed by atoms with Gasteiger partial charge in [-0.05, 0) is 31.0 Å². The van der Waals surface area contributed by atoms with E-state index in [9.17, 15) is 0 Å². The first kappa shape index (κ1) is 14.1. The number of nitrogens with one attached hydrogen (secondary N) is 1. The van der Waals surface area contributed by atoms with Gasteiger partial charge < -0.3 is 5.32 Å². The topological polar surface area (TPSA) is 63.6 Å². The van der Waals surface area contributed by atoms with Gasteiger partial charge in [0.15, 0.2) is 8.68 Å². The molecule has 20 heavy (non-hydrogen) atoms. The van der Waals surface area contributed by atoms with Crippen molar-refractivity contribution in [2.45, 2.75) is 20.6 Å². The normalized spacial score (nSPS) is 11.2. The number of nitrogens with zero attached hydrogens (tertiary/aromatic N) is 4. The molecule has 0 saturated heterocycles. The zero-order valence-electron chi connectivity index (χ0n) is 11.0. The van der Waals surface area contributed by atoms with Crippen molar-refractivity contribution in [1.82, 2.24) is 20.2 Å². The number of hydrogen-bond acceptors (Lipinski definition) is 9. The van der Waals surface area contributed by atoms with Gasteiger partial charge in [0, 0.05) is 17.3 Å². The summed E-state index contributed by atoms with van der Waals surface area (Å²) in [5, 5.41) is 13.3. The molecule has 9 heteroatoms. The average Bonchev–Trinajstić information content (AvgIpc) is 3.04. The number of anilines is 1. The fraction of sp³-hybridized carbons (Fsp3) is 0.273. The SMILES string of the molecule is CNc1nc(Sc2nnc(SC)s2)c2cc(C)sc2n1. The summed E-state index contributed by atoms with van der Waals surface area (Å²) in [7, 11) is 1.83. The molecule has 1 N–H and O–H groups in total. The lowest BCUT2D eigenvalue weighted by molar-refractivity contribution is 0.954. The Hall–Kier alpha value is -0.900. The smallest absolute Gasteiger partial charge is 0.224 e. The van der Waals surface area contributed by atoms with Crippen LogP contribution in [-0.2, 0) is 0 Å². The van der Waals surface area contributed by atoms with Gasteiger partial charge in [-0.1, -0.05) is 23.1 Å². The Balaban J connectivity index is 2.04. The first-order valence-corrected chi connectivity index (χ1v) is 9.38. The van der Waals surface area contributed by atoms with E-state index in [0.29, 0.717) is 5.95 Å². The first-order chi connectivity index (χ1) is 9.69. The van der Waals surface area contributed by atoms with Crippen LogP contribution in [0, 0.1) is 6.92 Å². The van der Waals surface area contributed by atoms with Crippen LogP contribution in [-0.4, -0.2) is 33.5 Å². The number of thiophene rings is 1. The first-order valence-electron chi connectivity index (χ1n) is 5.71. The van der Waals surface area contributed by atoms with Crippen molar-refractivity contribution < 1.29 is 0 Å². The lowest BCUT2D eigenvalue weighted by atomic mass is 10.4. The van der Waals surface area contributed by atoms with Crippen LogP contribution in [0.5, 0.6) is 0 Å². The van der Waals surface area contributed by atoms with Crippen molar-refractivity contribution in [3.63, 3.8) is 0 Å². The van der Waals surface area contributed by atoms with Gasteiger partial charge in [0.2, 0.25) is 5.95 Å². The molecule has 3 heterocycles. The van der Waals surface area contributed by atoms with Gasteiger partial charge in [-0.15, -0.1) is 21.5 Å². The Morgan fingerprint density at radius 1 is 1.15 bits per heavy atom. The predicted molar refractivity (Wildman–Crippen MR) is 87.5 cm³/mol. The number of rotatable bonds is 4. The molecular weight excluding hydrogens is 330 g/mol. The van der Waals surface area contributed by atoms with E-state index in [1.165, 1.54) is 4.88 Å². The van der Waals surface area contributed by atoms with Gasteiger partial charge in [0.1, 0.15) is 9.86 Å². The van der Waals surface area contributed by atoms with Crippen LogP contribution in [0.15, 0.2) is 19.8 Å². The van der Waals surface area contributed by atoms with Gasteiger partial charge in [-0.2, -0.15) is 0 Å². The average molecular weight is 342 g/mol. The number of thioether (sulfide) groups is 1. The molecule has 0 bridgehead atoms. The molecular formula is C11H11N5S4. The molecule has 3 rings (SSSR count). The van der Waals surface area contributed by atoms with Gasteiger partial charge in [0.25, 0.3) is 0 Å². The van der Waals surface area contributed by atoms with Crippen molar-refractivity contribution in [3.8, 4) is 0 Å². The minimum absolute atomic E-state index is 0.636. The lowest BCUT2D eigenvalue weighted by Gasteiger charge is -2.02. The third-order valence-corrected chi connectivity index (χ3v) is 6.35. The molecule has 104 valence electrons. The summed E-state index contributed by atoms with van der Waals surface area (Å²) in [6.07, 6.45) is 2.00. The molecule has 3 aromatic rings. The molecule has 0 aliphatic rings. The fourth-order valence-electron chi connectivity index (χ4n) is 1.61. The monoisotopic (exact) mass is 341 g/mol. The Morgan fingerprint density at radius 2 is 1.95 bits per heavy atom. The Labute approximate surface area is 132 Å². The molecule has 0 aliphatic carbocycles. The Bertz CT molecular complexity index is 750. The van der Waals surface area contributed by atoms with Crippen LogP contribution in [0.25, 0.3) is 10.2 Å². The van der Waals surface area contributed by atoms with Gasteiger partial charge >= 0.3 is 0 Å². The maximum Gasteiger partial charge on any atom is 0.224 e. The molecule has 0 saturated carbocycles. The highest BCUT2D eigenvalue weighted by Crippen LogP contribution is 2.37. The largest absolute Gasteiger partial charge is 0.357 e. The summed E-state index contributed by atoms with van der Waals surface area (Å²) in [6, 6.07) is 2.12. The molecule has 0 aliphatic heterocycles. The quantitative estimate of drug-likeness (QED) is 0.572. The zero-order chi connectivity index (χ0) is 14.1. The van der Waals surface area contributed by atoms with E-state index in [-0.39, 0.29) is 0 Å². The Morgan fingerprint density at radius 3 is 2.65 bits per heavy atom. The summed E-state index contributed by atoms with van der Waals surface area (Å²) in [6.45, 7) is 2.08. The second-order valence-electron chi connectivity index (χ2n) is 3.82. The highest BCUT2D eigenvalue weighted by atomic mass is 32.2. The van der Waals surface area contributed by atoms with E-state index < -0.39 is 0 Å². The van der Waals surface area contributed by atoms with Crippen LogP contribution >= 0.6 is 46.2 Å². The van der Waals surface area contributed by atoms with Crippen LogP contribution in [0.3, 0.4) is 0 Å². The maximum absolute atomic E-state index is 4.54. The minimum atomic E-state index is 0.636. The maximum atomic E-state index is 4.54. The van der Waals surface area contributed by atoms with E-state index in [1.807, 2.05) is 13.3 Å². The molecule has 0 atom stereocenters. The second-order valence-corrected chi connectivity index (χ2v) is 8.32. The number of fused-ring (bicyclic) bond motifs is 1. The number of aryl methyl sites for hydroxylation is 1. The van der Waals surface area contributed by atoms with E-state index in [2.05, 4.69) is 38.5 Å². The predicted octanol–water partition coefficient (Wildman–Crippen LogP) is 3.77. The second kappa shape index (κ2) is 5.84. The van der Waals surface area contributed by atoms with E-state index >= 15 is 0 Å². The molecule has 3 aromatic heterocycles. The van der Waals surface area contributed by atoms with Crippen LogP contribution in [0.2, 0.25) is 0 Å². The third-order valence-electron chi connectivity index (χ3n) is 2.45. The number of aromatic nitrogens is 4. The summed E-state index contributed by atoms with van der Waals surface area (Å²) >= 11 is 6.41. The van der Waals surface area contributed by atoms with Crippen LogP contribution < -0.4 is 5.32 Å². The standard InChI is InChI=1S/C11H11N5S4/c1-5-4-6-7(18-5)13-9(12-2)14-8(6)19-11-16-15-10(17-3)20-11/h4H,1-3H3,(H,12,13,14). The highest BCUT2D eigenvalue weighted by Gasteiger charge is 2.14. The lowest BCUT2D eigenvalue weighted by Crippen LogP contribution is -1.96. The summed E-state index contributed by atoms with van der Waals surface area (Å²) in [4.78, 5) is 11.3. The molecule has 0 fully saturated rings. The van der Waals surface area contributed by atoms with Crippen molar-refractivity contribution in [1.29, 1.82) is 0 Å². The summed E-state index contributed by atoms with van der Waals surface area (Å²) in [5.41, 5.74) is 0. The Kier molecular flexibility index (Phi) is 4.11. The van der Waals surface area contributed by atoms with Crippen LogP contribution in [0.4, 0.5) is 5.95 Å². The third kappa shape index (κ3) is 2.76. The molecule has 0 spiro atoms. The summed E-state index contributed by atoms with van der Waals surface area (Å²) < 4.78 is 1.87. The van der Waals surface area contributed by atoms with E-state index in [4.69, 9.17) is 0 Å². The molecule has 0 radical (unpaired) electrons. The molecule has 0 amide bonds. The van der Waals surface area contributed by atoms with E-state index in [0.717, 1.165) is 23.9 Å². The zero-order valence-corrected chi connectivity index (χ0v) is 14.3. The van der Waals surface area contributed by atoms with E-state index in [1.54, 1.807) is 46.2 Å². The summed E-state index contributed by atoms with van der Waals surface area (Å²) in [5.74, 6) is 0.636. The van der Waals surface area contributed by atoms with Gasteiger partial charge in [0.05, 0.1) is 0 Å². The van der Waals surface area contributed by atoms with Crippen molar-refractivity contribution >= 4 is 62.4 Å². The van der Waals surface area contributed by atoms with Gasteiger partial charge in [-0.25, -0.2) is 9.97 Å². The number of hydrogen-bond donors (Lipinski definition) is 1. The highest BCUT2D eigenvalue weighted by molar-refractivity contribution is 8.03. The van der Waals surface area contributed by atoms with Crippen LogP contribution in [0.1, 0.15) is 4.88 Å². The van der Waals surface area contributed by atoms with Crippen molar-refractivity contribution in [2.75, 3.05) is 18.6 Å². The molecule has 0 unspecified atom stereocenters.